The Morgan fingerprint density at radius 3 is 2.68 bits per heavy atom. The third-order valence-electron chi connectivity index (χ3n) is 4.16. The summed E-state index contributed by atoms with van der Waals surface area (Å²) in [6.45, 7) is 1.35. The molecule has 0 saturated heterocycles. The van der Waals surface area contributed by atoms with Gasteiger partial charge in [-0.3, -0.25) is 9.48 Å². The number of aldehydes is 1. The summed E-state index contributed by atoms with van der Waals surface area (Å²) in [7, 11) is 0. The van der Waals surface area contributed by atoms with Gasteiger partial charge in [-0.15, -0.1) is 5.10 Å². The molecule has 0 spiro atoms. The molecule has 0 N–H and O–H groups in total. The highest BCUT2D eigenvalue weighted by atomic mass is 16.5. The fraction of sp³-hybridized carbons (Fsp3) is 0.471. The molecule has 1 aliphatic carbocycles. The fourth-order valence-corrected chi connectivity index (χ4v) is 2.93. The van der Waals surface area contributed by atoms with Crippen LogP contribution in [0.3, 0.4) is 0 Å². The Bertz CT molecular complexity index is 601. The number of aromatic nitrogens is 3. The lowest BCUT2D eigenvalue weighted by Crippen LogP contribution is -2.14. The highest BCUT2D eigenvalue weighted by Gasteiger charge is 2.14. The Hall–Kier alpha value is -2.17. The normalized spacial score (nSPS) is 15.6. The van der Waals surface area contributed by atoms with E-state index in [2.05, 4.69) is 10.3 Å². The van der Waals surface area contributed by atoms with Gasteiger partial charge in [0.2, 0.25) is 0 Å². The number of carbonyl (C=O) groups is 1. The molecule has 0 radical (unpaired) electrons. The molecular weight excluding hydrogens is 278 g/mol. The van der Waals surface area contributed by atoms with Crippen LogP contribution in [0, 0.1) is 5.92 Å². The van der Waals surface area contributed by atoms with Crippen molar-refractivity contribution in [1.82, 2.24) is 15.0 Å². The van der Waals surface area contributed by atoms with Crippen LogP contribution in [-0.4, -0.2) is 21.3 Å². The minimum atomic E-state index is 0.394. The van der Waals surface area contributed by atoms with Gasteiger partial charge in [0.1, 0.15) is 24.3 Å². The Labute approximate surface area is 130 Å². The van der Waals surface area contributed by atoms with Gasteiger partial charge in [-0.2, -0.15) is 0 Å². The summed E-state index contributed by atoms with van der Waals surface area (Å²) in [6.07, 6.45) is 9.44. The lowest BCUT2D eigenvalue weighted by molar-refractivity contribution is 0.112. The number of ether oxygens (including phenoxy) is 1. The summed E-state index contributed by atoms with van der Waals surface area (Å²) < 4.78 is 7.60. The number of nitrogens with zero attached hydrogens (tertiary/aromatic N) is 3. The van der Waals surface area contributed by atoms with E-state index in [1.165, 1.54) is 32.1 Å². The van der Waals surface area contributed by atoms with Gasteiger partial charge < -0.3 is 4.74 Å². The van der Waals surface area contributed by atoms with Gasteiger partial charge in [-0.25, -0.2) is 0 Å². The molecule has 0 aliphatic heterocycles. The molecule has 2 aromatic rings. The Morgan fingerprint density at radius 2 is 1.95 bits per heavy atom. The van der Waals surface area contributed by atoms with Crippen molar-refractivity contribution in [2.45, 2.75) is 45.3 Å². The first-order valence-corrected chi connectivity index (χ1v) is 7.90. The van der Waals surface area contributed by atoms with E-state index >= 15 is 0 Å². The van der Waals surface area contributed by atoms with E-state index in [4.69, 9.17) is 4.74 Å². The predicted octanol–water partition coefficient (Wildman–Crippen LogP) is 3.25. The van der Waals surface area contributed by atoms with Gasteiger partial charge in [0.15, 0.2) is 0 Å². The standard InChI is InChI=1S/C17H21N3O2/c21-12-15-6-8-17(9-7-15)22-13-16-11-20(19-18-16)10-14-4-2-1-3-5-14/h6-9,11-12,14H,1-5,10,13H2. The second-order valence-corrected chi connectivity index (χ2v) is 5.91. The molecule has 5 nitrogen and oxygen atoms in total. The van der Waals surface area contributed by atoms with Crippen LogP contribution in [0.15, 0.2) is 30.5 Å². The average molecular weight is 299 g/mol. The molecule has 0 unspecified atom stereocenters. The van der Waals surface area contributed by atoms with Crippen molar-refractivity contribution in [1.29, 1.82) is 0 Å². The number of rotatable bonds is 6. The highest BCUT2D eigenvalue weighted by Crippen LogP contribution is 2.24. The molecule has 1 heterocycles. The molecule has 1 fully saturated rings. The molecule has 22 heavy (non-hydrogen) atoms. The molecule has 3 rings (SSSR count). The number of benzene rings is 1. The van der Waals surface area contributed by atoms with Gasteiger partial charge in [0.25, 0.3) is 0 Å². The van der Waals surface area contributed by atoms with Crippen molar-refractivity contribution in [2.24, 2.45) is 5.92 Å². The zero-order valence-electron chi connectivity index (χ0n) is 12.6. The molecule has 0 atom stereocenters. The van der Waals surface area contributed by atoms with Gasteiger partial charge in [0, 0.05) is 12.1 Å². The Morgan fingerprint density at radius 1 is 1.18 bits per heavy atom. The lowest BCUT2D eigenvalue weighted by Gasteiger charge is -2.20. The van der Waals surface area contributed by atoms with E-state index < -0.39 is 0 Å². The van der Waals surface area contributed by atoms with Crippen LogP contribution in [-0.2, 0) is 13.2 Å². The third kappa shape index (κ3) is 3.93. The first-order chi connectivity index (χ1) is 10.8. The molecule has 1 aromatic carbocycles. The molecule has 1 saturated carbocycles. The maximum absolute atomic E-state index is 10.6. The van der Waals surface area contributed by atoms with Crippen molar-refractivity contribution in [2.75, 3.05) is 0 Å². The van der Waals surface area contributed by atoms with Crippen LogP contribution in [0.2, 0.25) is 0 Å². The topological polar surface area (TPSA) is 57.0 Å². The molecular formula is C17H21N3O2. The van der Waals surface area contributed by atoms with Crippen LogP contribution in [0.25, 0.3) is 0 Å². The van der Waals surface area contributed by atoms with Crippen LogP contribution < -0.4 is 4.74 Å². The van der Waals surface area contributed by atoms with Gasteiger partial charge in [-0.05, 0) is 43.0 Å². The van der Waals surface area contributed by atoms with Crippen molar-refractivity contribution < 1.29 is 9.53 Å². The zero-order valence-corrected chi connectivity index (χ0v) is 12.6. The molecule has 0 bridgehead atoms. The minimum absolute atomic E-state index is 0.394. The van der Waals surface area contributed by atoms with E-state index in [0.717, 1.165) is 30.2 Å². The molecule has 1 aliphatic rings. The first kappa shape index (κ1) is 14.8. The number of carbonyl (C=O) groups excluding carboxylic acids is 1. The van der Waals surface area contributed by atoms with E-state index in [0.29, 0.717) is 12.2 Å². The smallest absolute Gasteiger partial charge is 0.150 e. The highest BCUT2D eigenvalue weighted by molar-refractivity contribution is 5.74. The van der Waals surface area contributed by atoms with Crippen LogP contribution in [0.1, 0.15) is 48.2 Å². The third-order valence-corrected chi connectivity index (χ3v) is 4.16. The summed E-state index contributed by atoms with van der Waals surface area (Å²) in [5.74, 6) is 1.47. The summed E-state index contributed by atoms with van der Waals surface area (Å²) in [4.78, 5) is 10.6. The van der Waals surface area contributed by atoms with Gasteiger partial charge in [-0.1, -0.05) is 24.5 Å². The Balaban J connectivity index is 1.51. The van der Waals surface area contributed by atoms with E-state index in [9.17, 15) is 4.79 Å². The molecule has 1 aromatic heterocycles. The fourth-order valence-electron chi connectivity index (χ4n) is 2.93. The van der Waals surface area contributed by atoms with Crippen LogP contribution >= 0.6 is 0 Å². The predicted molar refractivity (Wildman–Crippen MR) is 82.8 cm³/mol. The summed E-state index contributed by atoms with van der Waals surface area (Å²) >= 11 is 0. The molecule has 116 valence electrons. The summed E-state index contributed by atoms with van der Waals surface area (Å²) in [6, 6.07) is 7.05. The number of hydrogen-bond acceptors (Lipinski definition) is 4. The van der Waals surface area contributed by atoms with Crippen molar-refractivity contribution in [3.8, 4) is 5.75 Å². The summed E-state index contributed by atoms with van der Waals surface area (Å²) in [5.41, 5.74) is 1.47. The van der Waals surface area contributed by atoms with Crippen molar-refractivity contribution in [3.63, 3.8) is 0 Å². The number of hydrogen-bond donors (Lipinski definition) is 0. The molecule has 5 heteroatoms. The second kappa shape index (κ2) is 7.20. The summed E-state index contributed by atoms with van der Waals surface area (Å²) in [5, 5.41) is 8.35. The SMILES string of the molecule is O=Cc1ccc(OCc2cn(CC3CCCCC3)nn2)cc1. The first-order valence-electron chi connectivity index (χ1n) is 7.90. The molecule has 0 amide bonds. The maximum atomic E-state index is 10.6. The van der Waals surface area contributed by atoms with Crippen LogP contribution in [0.5, 0.6) is 5.75 Å². The zero-order chi connectivity index (χ0) is 15.2. The quantitative estimate of drug-likeness (QED) is 0.768. The van der Waals surface area contributed by atoms with Gasteiger partial charge >= 0.3 is 0 Å². The van der Waals surface area contributed by atoms with Crippen LogP contribution in [0.4, 0.5) is 0 Å². The van der Waals surface area contributed by atoms with E-state index in [1.54, 1.807) is 24.3 Å². The van der Waals surface area contributed by atoms with Gasteiger partial charge in [0.05, 0.1) is 6.20 Å². The largest absolute Gasteiger partial charge is 0.487 e. The van der Waals surface area contributed by atoms with E-state index in [1.807, 2.05) is 10.9 Å². The van der Waals surface area contributed by atoms with Crippen molar-refractivity contribution >= 4 is 6.29 Å². The van der Waals surface area contributed by atoms with Crippen molar-refractivity contribution in [3.05, 3.63) is 41.7 Å². The minimum Gasteiger partial charge on any atom is -0.487 e. The Kier molecular flexibility index (Phi) is 4.83. The maximum Gasteiger partial charge on any atom is 0.150 e. The second-order valence-electron chi connectivity index (χ2n) is 5.91. The van der Waals surface area contributed by atoms with E-state index in [-0.39, 0.29) is 0 Å². The lowest BCUT2D eigenvalue weighted by atomic mass is 9.89. The average Bonchev–Trinajstić information content (AvgIpc) is 3.02. The monoisotopic (exact) mass is 299 g/mol.